The average Bonchev–Trinajstić information content (AvgIpc) is 2.96. The van der Waals surface area contributed by atoms with Crippen LogP contribution in [0, 0.1) is 0 Å². The molecular weight excluding hydrogens is 220 g/mol. The first-order chi connectivity index (χ1) is 8.34. The van der Waals surface area contributed by atoms with Gasteiger partial charge in [0.15, 0.2) is 0 Å². The van der Waals surface area contributed by atoms with Crippen LogP contribution < -0.4 is 5.32 Å². The van der Waals surface area contributed by atoms with Crippen molar-refractivity contribution in [3.63, 3.8) is 0 Å². The molecule has 2 rings (SSSR count). The highest BCUT2D eigenvalue weighted by atomic mass is 16.5. The molecule has 0 bridgehead atoms. The summed E-state index contributed by atoms with van der Waals surface area (Å²) in [6.45, 7) is 1.47. The molecule has 6 heteroatoms. The van der Waals surface area contributed by atoms with Crippen molar-refractivity contribution in [2.45, 2.75) is 38.2 Å². The van der Waals surface area contributed by atoms with E-state index in [4.69, 9.17) is 4.74 Å². The number of nitrogens with zero attached hydrogens (tertiary/aromatic N) is 2. The Bertz CT molecular complexity index is 333. The molecule has 1 aliphatic rings. The Morgan fingerprint density at radius 1 is 1.65 bits per heavy atom. The molecule has 1 aromatic heterocycles. The van der Waals surface area contributed by atoms with Crippen LogP contribution in [0.25, 0.3) is 0 Å². The van der Waals surface area contributed by atoms with Gasteiger partial charge in [0.1, 0.15) is 12.2 Å². The number of carbonyl (C=O) groups is 1. The Morgan fingerprint density at radius 2 is 2.59 bits per heavy atom. The Kier molecular flexibility index (Phi) is 4.49. The number of amides is 1. The van der Waals surface area contributed by atoms with Crippen molar-refractivity contribution in [2.75, 3.05) is 13.2 Å². The molecule has 0 aromatic carbocycles. The fourth-order valence-electron chi connectivity index (χ4n) is 1.92. The first-order valence-electron chi connectivity index (χ1n) is 6.07. The smallest absolute Gasteiger partial charge is 0.222 e. The predicted molar refractivity (Wildman–Crippen MR) is 61.3 cm³/mol. The number of ether oxygens (including phenoxy) is 1. The van der Waals surface area contributed by atoms with Crippen molar-refractivity contribution in [1.82, 2.24) is 20.5 Å². The minimum absolute atomic E-state index is 0.0782. The molecule has 0 spiro atoms. The van der Waals surface area contributed by atoms with Gasteiger partial charge >= 0.3 is 0 Å². The lowest BCUT2D eigenvalue weighted by molar-refractivity contribution is -0.123. The number of hydrogen-bond donors (Lipinski definition) is 2. The SMILES string of the molecule is O=C(CC1CCCO1)NCCCc1ncn[nH]1. The third-order valence-electron chi connectivity index (χ3n) is 2.81. The lowest BCUT2D eigenvalue weighted by atomic mass is 10.2. The molecule has 1 unspecified atom stereocenters. The van der Waals surface area contributed by atoms with Crippen molar-refractivity contribution in [2.24, 2.45) is 0 Å². The highest BCUT2D eigenvalue weighted by Crippen LogP contribution is 2.14. The van der Waals surface area contributed by atoms with Gasteiger partial charge in [0.05, 0.1) is 12.5 Å². The van der Waals surface area contributed by atoms with Gasteiger partial charge in [-0.15, -0.1) is 0 Å². The maximum atomic E-state index is 11.5. The number of H-pyrrole nitrogens is 1. The van der Waals surface area contributed by atoms with E-state index >= 15 is 0 Å². The van der Waals surface area contributed by atoms with E-state index in [1.807, 2.05) is 0 Å². The standard InChI is InChI=1S/C11H18N4O2/c16-11(7-9-3-2-6-17-9)12-5-1-4-10-13-8-14-15-10/h8-9H,1-7H2,(H,12,16)(H,13,14,15). The molecule has 1 saturated heterocycles. The van der Waals surface area contributed by atoms with Crippen LogP contribution in [-0.4, -0.2) is 40.3 Å². The van der Waals surface area contributed by atoms with E-state index < -0.39 is 0 Å². The van der Waals surface area contributed by atoms with E-state index in [2.05, 4.69) is 20.5 Å². The molecule has 1 amide bonds. The van der Waals surface area contributed by atoms with Crippen LogP contribution in [0.3, 0.4) is 0 Å². The largest absolute Gasteiger partial charge is 0.378 e. The van der Waals surface area contributed by atoms with Crippen LogP contribution in [0.15, 0.2) is 6.33 Å². The van der Waals surface area contributed by atoms with Gasteiger partial charge in [0, 0.05) is 19.6 Å². The van der Waals surface area contributed by atoms with Crippen LogP contribution in [0.5, 0.6) is 0 Å². The lowest BCUT2D eigenvalue weighted by Crippen LogP contribution is -2.28. The first kappa shape index (κ1) is 12.0. The zero-order valence-electron chi connectivity index (χ0n) is 9.82. The summed E-state index contributed by atoms with van der Waals surface area (Å²) in [6, 6.07) is 0. The fraction of sp³-hybridized carbons (Fsp3) is 0.727. The molecule has 17 heavy (non-hydrogen) atoms. The molecule has 94 valence electrons. The zero-order valence-corrected chi connectivity index (χ0v) is 9.82. The van der Waals surface area contributed by atoms with Gasteiger partial charge in [0.25, 0.3) is 0 Å². The van der Waals surface area contributed by atoms with Crippen molar-refractivity contribution in [1.29, 1.82) is 0 Å². The van der Waals surface area contributed by atoms with E-state index in [9.17, 15) is 4.79 Å². The van der Waals surface area contributed by atoms with Gasteiger partial charge < -0.3 is 10.1 Å². The number of hydrogen-bond acceptors (Lipinski definition) is 4. The van der Waals surface area contributed by atoms with E-state index in [0.29, 0.717) is 13.0 Å². The average molecular weight is 238 g/mol. The summed E-state index contributed by atoms with van der Waals surface area (Å²) >= 11 is 0. The van der Waals surface area contributed by atoms with Crippen LogP contribution in [0.4, 0.5) is 0 Å². The summed E-state index contributed by atoms with van der Waals surface area (Å²) in [5.41, 5.74) is 0. The van der Waals surface area contributed by atoms with E-state index in [1.54, 1.807) is 0 Å². The highest BCUT2D eigenvalue weighted by molar-refractivity contribution is 5.76. The van der Waals surface area contributed by atoms with Crippen molar-refractivity contribution in [3.8, 4) is 0 Å². The molecule has 1 atom stereocenters. The van der Waals surface area contributed by atoms with E-state index in [-0.39, 0.29) is 12.0 Å². The third-order valence-corrected chi connectivity index (χ3v) is 2.81. The van der Waals surface area contributed by atoms with Gasteiger partial charge in [-0.2, -0.15) is 5.10 Å². The van der Waals surface area contributed by atoms with Crippen LogP contribution in [-0.2, 0) is 16.0 Å². The van der Waals surface area contributed by atoms with Crippen LogP contribution in [0.2, 0.25) is 0 Å². The Balaban J connectivity index is 1.53. The second-order valence-electron chi connectivity index (χ2n) is 4.22. The summed E-state index contributed by atoms with van der Waals surface area (Å²) in [7, 11) is 0. The van der Waals surface area contributed by atoms with Crippen molar-refractivity contribution >= 4 is 5.91 Å². The molecule has 0 saturated carbocycles. The number of aryl methyl sites for hydroxylation is 1. The minimum atomic E-state index is 0.0782. The molecular formula is C11H18N4O2. The topological polar surface area (TPSA) is 79.9 Å². The Morgan fingerprint density at radius 3 is 3.29 bits per heavy atom. The summed E-state index contributed by atoms with van der Waals surface area (Å²) in [5.74, 6) is 0.938. The highest BCUT2D eigenvalue weighted by Gasteiger charge is 2.18. The van der Waals surface area contributed by atoms with E-state index in [0.717, 1.165) is 38.1 Å². The van der Waals surface area contributed by atoms with Crippen molar-refractivity contribution in [3.05, 3.63) is 12.2 Å². The number of aromatic nitrogens is 3. The quantitative estimate of drug-likeness (QED) is 0.704. The number of aromatic amines is 1. The lowest BCUT2D eigenvalue weighted by Gasteiger charge is -2.09. The van der Waals surface area contributed by atoms with Gasteiger partial charge in [-0.1, -0.05) is 0 Å². The molecule has 0 radical (unpaired) electrons. The fourth-order valence-corrected chi connectivity index (χ4v) is 1.92. The maximum absolute atomic E-state index is 11.5. The second kappa shape index (κ2) is 6.34. The minimum Gasteiger partial charge on any atom is -0.378 e. The summed E-state index contributed by atoms with van der Waals surface area (Å²) in [5, 5.41) is 9.45. The summed E-state index contributed by atoms with van der Waals surface area (Å²) in [6.07, 6.45) is 5.86. The molecule has 1 aliphatic heterocycles. The molecule has 0 aliphatic carbocycles. The van der Waals surface area contributed by atoms with E-state index in [1.165, 1.54) is 6.33 Å². The first-order valence-corrected chi connectivity index (χ1v) is 6.07. The number of carbonyl (C=O) groups excluding carboxylic acids is 1. The third kappa shape index (κ3) is 4.14. The van der Waals surface area contributed by atoms with Crippen LogP contribution in [0.1, 0.15) is 31.5 Å². The normalized spacial score (nSPS) is 19.4. The molecule has 1 fully saturated rings. The Hall–Kier alpha value is -1.43. The van der Waals surface area contributed by atoms with Gasteiger partial charge in [-0.25, -0.2) is 4.98 Å². The Labute approximate surface area is 100 Å². The molecule has 2 N–H and O–H groups in total. The zero-order chi connectivity index (χ0) is 11.9. The predicted octanol–water partition coefficient (Wildman–Crippen LogP) is 0.423. The van der Waals surface area contributed by atoms with Gasteiger partial charge in [0.2, 0.25) is 5.91 Å². The monoisotopic (exact) mass is 238 g/mol. The van der Waals surface area contributed by atoms with Crippen LogP contribution >= 0.6 is 0 Å². The maximum Gasteiger partial charge on any atom is 0.222 e. The van der Waals surface area contributed by atoms with Gasteiger partial charge in [-0.05, 0) is 19.3 Å². The number of nitrogens with one attached hydrogen (secondary N) is 2. The van der Waals surface area contributed by atoms with Crippen molar-refractivity contribution < 1.29 is 9.53 Å². The van der Waals surface area contributed by atoms with Gasteiger partial charge in [-0.3, -0.25) is 9.89 Å². The molecule has 6 nitrogen and oxygen atoms in total. The summed E-state index contributed by atoms with van der Waals surface area (Å²) in [4.78, 5) is 15.6. The summed E-state index contributed by atoms with van der Waals surface area (Å²) < 4.78 is 5.40. The second-order valence-corrected chi connectivity index (χ2v) is 4.22. The number of rotatable bonds is 6. The molecule has 2 heterocycles. The molecule has 1 aromatic rings.